The lowest BCUT2D eigenvalue weighted by Gasteiger charge is -2.38. The van der Waals surface area contributed by atoms with Crippen LogP contribution in [0.1, 0.15) is 73.5 Å². The average Bonchev–Trinajstić information content (AvgIpc) is 3.04. The number of carbonyl (C=O) groups is 1. The standard InChI is InChI=1S/C19H28N4O4S/c24-19(17-10-18(27-22-17)12-3-4-12)21-14-8-15-5-6-16(9-14)23(15)28(25,26)11-13-2-1-7-20-13/h10,12-16,20H,1-9,11H2,(H,21,24)/t13-,14-,15+,16-/m0/s1. The molecule has 1 aromatic rings. The first-order valence-electron chi connectivity index (χ1n) is 10.5. The molecule has 4 atom stereocenters. The lowest BCUT2D eigenvalue weighted by atomic mass is 9.99. The van der Waals surface area contributed by atoms with E-state index in [-0.39, 0.29) is 35.8 Å². The fourth-order valence-electron chi connectivity index (χ4n) is 5.16. The molecule has 1 saturated carbocycles. The first kappa shape index (κ1) is 18.6. The molecule has 0 radical (unpaired) electrons. The number of nitrogens with one attached hydrogen (secondary N) is 2. The van der Waals surface area contributed by atoms with Gasteiger partial charge in [0, 0.05) is 36.2 Å². The summed E-state index contributed by atoms with van der Waals surface area (Å²) in [7, 11) is -3.28. The molecule has 4 aliphatic rings. The van der Waals surface area contributed by atoms with E-state index in [0.29, 0.717) is 24.5 Å². The average molecular weight is 409 g/mol. The minimum Gasteiger partial charge on any atom is -0.360 e. The minimum absolute atomic E-state index is 0.00483. The van der Waals surface area contributed by atoms with Crippen molar-refractivity contribution in [2.45, 2.75) is 81.5 Å². The summed E-state index contributed by atoms with van der Waals surface area (Å²) in [5.41, 5.74) is 0.330. The van der Waals surface area contributed by atoms with Crippen molar-refractivity contribution in [1.29, 1.82) is 0 Å². The van der Waals surface area contributed by atoms with E-state index in [1.54, 1.807) is 10.4 Å². The van der Waals surface area contributed by atoms with Crippen molar-refractivity contribution in [1.82, 2.24) is 20.1 Å². The van der Waals surface area contributed by atoms with Crippen LogP contribution in [0.4, 0.5) is 0 Å². The summed E-state index contributed by atoms with van der Waals surface area (Å²) in [6.07, 6.45) is 7.28. The third-order valence-corrected chi connectivity index (χ3v) is 8.70. The second-order valence-corrected chi connectivity index (χ2v) is 10.7. The molecule has 154 valence electrons. The highest BCUT2D eigenvalue weighted by Gasteiger charge is 2.47. The van der Waals surface area contributed by atoms with Gasteiger partial charge in [0.05, 0.1) is 5.75 Å². The van der Waals surface area contributed by atoms with Crippen LogP contribution in [0.5, 0.6) is 0 Å². The van der Waals surface area contributed by atoms with Crippen LogP contribution < -0.4 is 10.6 Å². The summed E-state index contributed by atoms with van der Waals surface area (Å²) in [6, 6.07) is 1.80. The zero-order valence-electron chi connectivity index (χ0n) is 16.0. The number of nitrogens with zero attached hydrogens (tertiary/aromatic N) is 2. The monoisotopic (exact) mass is 408 g/mol. The molecule has 4 heterocycles. The number of piperidine rings is 1. The quantitative estimate of drug-likeness (QED) is 0.736. The normalized spacial score (nSPS) is 33.3. The van der Waals surface area contributed by atoms with E-state index in [9.17, 15) is 13.2 Å². The number of sulfonamides is 1. The molecule has 0 spiro atoms. The largest absolute Gasteiger partial charge is 0.360 e. The van der Waals surface area contributed by atoms with Crippen molar-refractivity contribution in [3.8, 4) is 0 Å². The van der Waals surface area contributed by atoms with E-state index >= 15 is 0 Å². The summed E-state index contributed by atoms with van der Waals surface area (Å²) >= 11 is 0. The number of amides is 1. The van der Waals surface area contributed by atoms with Crippen molar-refractivity contribution in [3.05, 3.63) is 17.5 Å². The van der Waals surface area contributed by atoms with Crippen LogP contribution in [-0.4, -0.2) is 60.3 Å². The third-order valence-electron chi connectivity index (χ3n) is 6.64. The van der Waals surface area contributed by atoms with E-state index in [0.717, 1.165) is 50.8 Å². The smallest absolute Gasteiger partial charge is 0.273 e. The molecule has 1 amide bonds. The fourth-order valence-corrected chi connectivity index (χ4v) is 7.42. The van der Waals surface area contributed by atoms with Gasteiger partial charge in [-0.15, -0.1) is 0 Å². The summed E-state index contributed by atoms with van der Waals surface area (Å²) in [5, 5.41) is 10.3. The van der Waals surface area contributed by atoms with Crippen LogP contribution in [0.2, 0.25) is 0 Å². The fraction of sp³-hybridized carbons (Fsp3) is 0.789. The predicted molar refractivity (Wildman–Crippen MR) is 102 cm³/mol. The molecule has 28 heavy (non-hydrogen) atoms. The Bertz CT molecular complexity index is 830. The first-order valence-corrected chi connectivity index (χ1v) is 12.1. The van der Waals surface area contributed by atoms with Crippen LogP contribution in [0.15, 0.2) is 10.6 Å². The molecule has 2 N–H and O–H groups in total. The van der Waals surface area contributed by atoms with Gasteiger partial charge in [-0.3, -0.25) is 4.79 Å². The van der Waals surface area contributed by atoms with Gasteiger partial charge in [0.1, 0.15) is 5.76 Å². The van der Waals surface area contributed by atoms with E-state index in [1.807, 2.05) is 0 Å². The van der Waals surface area contributed by atoms with Crippen molar-refractivity contribution in [2.75, 3.05) is 12.3 Å². The van der Waals surface area contributed by atoms with E-state index in [1.165, 1.54) is 0 Å². The lowest BCUT2D eigenvalue weighted by molar-refractivity contribution is 0.0900. The van der Waals surface area contributed by atoms with Gasteiger partial charge in [0.15, 0.2) is 5.69 Å². The second-order valence-electron chi connectivity index (χ2n) is 8.82. The van der Waals surface area contributed by atoms with Gasteiger partial charge < -0.3 is 15.2 Å². The van der Waals surface area contributed by atoms with E-state index < -0.39 is 10.0 Å². The Hall–Kier alpha value is -1.45. The Morgan fingerprint density at radius 2 is 1.96 bits per heavy atom. The van der Waals surface area contributed by atoms with Crippen LogP contribution in [0.3, 0.4) is 0 Å². The Kier molecular flexibility index (Phi) is 4.71. The van der Waals surface area contributed by atoms with Gasteiger partial charge in [0.2, 0.25) is 10.0 Å². The number of hydrogen-bond donors (Lipinski definition) is 2. The van der Waals surface area contributed by atoms with Crippen LogP contribution in [0, 0.1) is 0 Å². The topological polar surface area (TPSA) is 105 Å². The van der Waals surface area contributed by atoms with Crippen molar-refractivity contribution < 1.29 is 17.7 Å². The summed E-state index contributed by atoms with van der Waals surface area (Å²) < 4.78 is 33.0. The van der Waals surface area contributed by atoms with Gasteiger partial charge in [-0.2, -0.15) is 4.31 Å². The van der Waals surface area contributed by atoms with E-state index in [2.05, 4.69) is 15.8 Å². The minimum atomic E-state index is -3.28. The summed E-state index contributed by atoms with van der Waals surface area (Å²) in [5.74, 6) is 1.20. The molecule has 0 unspecified atom stereocenters. The predicted octanol–water partition coefficient (Wildman–Crippen LogP) is 1.36. The third kappa shape index (κ3) is 3.59. The van der Waals surface area contributed by atoms with Gasteiger partial charge in [-0.25, -0.2) is 8.42 Å². The first-order chi connectivity index (χ1) is 13.5. The Morgan fingerprint density at radius 3 is 2.61 bits per heavy atom. The lowest BCUT2D eigenvalue weighted by Crippen LogP contribution is -2.54. The Balaban J connectivity index is 1.21. The Labute approximate surface area is 165 Å². The highest BCUT2D eigenvalue weighted by Crippen LogP contribution is 2.40. The molecule has 4 fully saturated rings. The molecule has 1 aliphatic carbocycles. The molecule has 3 aliphatic heterocycles. The molecule has 3 saturated heterocycles. The maximum absolute atomic E-state index is 13.0. The molecule has 2 bridgehead atoms. The van der Waals surface area contributed by atoms with E-state index in [4.69, 9.17) is 4.52 Å². The molecule has 8 nitrogen and oxygen atoms in total. The number of aromatic nitrogens is 1. The van der Waals surface area contributed by atoms with Gasteiger partial charge in [-0.05, 0) is 57.9 Å². The van der Waals surface area contributed by atoms with Crippen LogP contribution in [-0.2, 0) is 10.0 Å². The molecule has 0 aromatic carbocycles. The second kappa shape index (κ2) is 7.11. The number of fused-ring (bicyclic) bond motifs is 2. The molecule has 5 rings (SSSR count). The molecular formula is C19H28N4O4S. The van der Waals surface area contributed by atoms with Crippen LogP contribution in [0.25, 0.3) is 0 Å². The van der Waals surface area contributed by atoms with Crippen molar-refractivity contribution in [2.24, 2.45) is 0 Å². The van der Waals surface area contributed by atoms with Crippen molar-refractivity contribution >= 4 is 15.9 Å². The van der Waals surface area contributed by atoms with Crippen LogP contribution >= 0.6 is 0 Å². The molecule has 9 heteroatoms. The summed E-state index contributed by atoms with van der Waals surface area (Å²) in [6.45, 7) is 0.908. The highest BCUT2D eigenvalue weighted by atomic mass is 32.2. The molecular weight excluding hydrogens is 380 g/mol. The maximum atomic E-state index is 13.0. The zero-order valence-corrected chi connectivity index (χ0v) is 16.8. The van der Waals surface area contributed by atoms with Gasteiger partial charge >= 0.3 is 0 Å². The number of carbonyl (C=O) groups excluding carboxylic acids is 1. The number of rotatable bonds is 6. The highest BCUT2D eigenvalue weighted by molar-refractivity contribution is 7.89. The van der Waals surface area contributed by atoms with Gasteiger partial charge in [-0.1, -0.05) is 5.16 Å². The SMILES string of the molecule is O=C(N[C@H]1C[C@H]2CC[C@@H](C1)N2S(=O)(=O)C[C@@H]1CCCN1)c1cc(C2CC2)on1. The van der Waals surface area contributed by atoms with Crippen molar-refractivity contribution in [3.63, 3.8) is 0 Å². The van der Waals surface area contributed by atoms with Gasteiger partial charge in [0.25, 0.3) is 5.91 Å². The molecule has 1 aromatic heterocycles. The maximum Gasteiger partial charge on any atom is 0.273 e. The number of hydrogen-bond acceptors (Lipinski definition) is 6. The zero-order chi connectivity index (χ0) is 19.3. The summed E-state index contributed by atoms with van der Waals surface area (Å²) in [4.78, 5) is 12.5. The Morgan fingerprint density at radius 1 is 1.21 bits per heavy atom.